The van der Waals surface area contributed by atoms with E-state index in [2.05, 4.69) is 5.32 Å². The number of amides is 2. The Hall–Kier alpha value is -2.08. The minimum Gasteiger partial charge on any atom is -0.460 e. The first kappa shape index (κ1) is 13.0. The van der Waals surface area contributed by atoms with Crippen LogP contribution >= 0.6 is 0 Å². The van der Waals surface area contributed by atoms with Crippen molar-refractivity contribution in [3.05, 3.63) is 35.9 Å². The van der Waals surface area contributed by atoms with Crippen molar-refractivity contribution in [2.24, 2.45) is 0 Å². The lowest BCUT2D eigenvalue weighted by atomic mass is 10.2. The standard InChI is InChI=1S/C11H14N2O4/c1-13(16)11(15)12-7-8-17-10(14)9-5-3-2-4-6-9/h2-6,16H,7-8H2,1H3,(H,12,15). The van der Waals surface area contributed by atoms with Crippen molar-refractivity contribution >= 4 is 12.0 Å². The topological polar surface area (TPSA) is 78.9 Å². The van der Waals surface area contributed by atoms with Crippen molar-refractivity contribution in [2.45, 2.75) is 0 Å². The SMILES string of the molecule is CN(O)C(=O)NCCOC(=O)c1ccccc1. The number of benzene rings is 1. The van der Waals surface area contributed by atoms with E-state index in [0.717, 1.165) is 0 Å². The van der Waals surface area contributed by atoms with Crippen molar-refractivity contribution in [2.75, 3.05) is 20.2 Å². The Morgan fingerprint density at radius 3 is 2.59 bits per heavy atom. The van der Waals surface area contributed by atoms with E-state index in [1.807, 2.05) is 0 Å². The average Bonchev–Trinajstić information content (AvgIpc) is 2.35. The number of hydrogen-bond acceptors (Lipinski definition) is 4. The summed E-state index contributed by atoms with van der Waals surface area (Å²) >= 11 is 0. The number of hydroxylamine groups is 2. The minimum absolute atomic E-state index is 0.0489. The van der Waals surface area contributed by atoms with Crippen LogP contribution in [0.5, 0.6) is 0 Å². The van der Waals surface area contributed by atoms with E-state index in [1.54, 1.807) is 30.3 Å². The molecule has 17 heavy (non-hydrogen) atoms. The van der Waals surface area contributed by atoms with Crippen LogP contribution in [0.4, 0.5) is 4.79 Å². The van der Waals surface area contributed by atoms with Gasteiger partial charge in [0.05, 0.1) is 12.1 Å². The molecule has 0 aromatic heterocycles. The van der Waals surface area contributed by atoms with Crippen molar-refractivity contribution in [1.29, 1.82) is 0 Å². The van der Waals surface area contributed by atoms with E-state index >= 15 is 0 Å². The smallest absolute Gasteiger partial charge is 0.340 e. The maximum atomic E-state index is 11.4. The Balaban J connectivity index is 2.24. The normalized spacial score (nSPS) is 9.53. The van der Waals surface area contributed by atoms with Crippen LogP contribution in [0, 0.1) is 0 Å². The number of carbonyl (C=O) groups excluding carboxylic acids is 2. The van der Waals surface area contributed by atoms with Crippen molar-refractivity contribution in [3.8, 4) is 0 Å². The molecule has 1 aromatic carbocycles. The van der Waals surface area contributed by atoms with Gasteiger partial charge in [-0.1, -0.05) is 18.2 Å². The summed E-state index contributed by atoms with van der Waals surface area (Å²) in [5.74, 6) is -0.447. The average molecular weight is 238 g/mol. The molecule has 0 aliphatic carbocycles. The van der Waals surface area contributed by atoms with Gasteiger partial charge < -0.3 is 10.1 Å². The van der Waals surface area contributed by atoms with E-state index in [-0.39, 0.29) is 13.2 Å². The third-order valence-corrected chi connectivity index (χ3v) is 1.91. The Bertz CT molecular complexity index is 378. The molecular formula is C11H14N2O4. The van der Waals surface area contributed by atoms with E-state index in [4.69, 9.17) is 9.94 Å². The predicted molar refractivity (Wildman–Crippen MR) is 59.7 cm³/mol. The summed E-state index contributed by atoms with van der Waals surface area (Å²) in [6, 6.07) is 7.90. The molecule has 1 rings (SSSR count). The van der Waals surface area contributed by atoms with Gasteiger partial charge in [-0.15, -0.1) is 0 Å². The lowest BCUT2D eigenvalue weighted by Crippen LogP contribution is -2.37. The highest BCUT2D eigenvalue weighted by atomic mass is 16.5. The number of esters is 1. The zero-order valence-electron chi connectivity index (χ0n) is 9.42. The van der Waals surface area contributed by atoms with Crippen LogP contribution in [0.25, 0.3) is 0 Å². The maximum absolute atomic E-state index is 11.4. The molecular weight excluding hydrogens is 224 g/mol. The first-order valence-corrected chi connectivity index (χ1v) is 5.04. The van der Waals surface area contributed by atoms with Crippen molar-refractivity contribution in [3.63, 3.8) is 0 Å². The van der Waals surface area contributed by atoms with Crippen LogP contribution in [-0.2, 0) is 4.74 Å². The summed E-state index contributed by atoms with van der Waals surface area (Å²) in [6.45, 7) is 0.190. The van der Waals surface area contributed by atoms with Gasteiger partial charge in [0.2, 0.25) is 0 Å². The maximum Gasteiger partial charge on any atom is 0.340 e. The third-order valence-electron chi connectivity index (χ3n) is 1.91. The quantitative estimate of drug-likeness (QED) is 0.353. The molecule has 0 heterocycles. The van der Waals surface area contributed by atoms with Crippen LogP contribution in [0.15, 0.2) is 30.3 Å². The van der Waals surface area contributed by atoms with Crippen LogP contribution in [-0.4, -0.2) is 42.5 Å². The van der Waals surface area contributed by atoms with Gasteiger partial charge in [-0.25, -0.2) is 14.7 Å². The zero-order valence-corrected chi connectivity index (χ0v) is 9.42. The van der Waals surface area contributed by atoms with Gasteiger partial charge in [0, 0.05) is 7.05 Å². The van der Waals surface area contributed by atoms with E-state index < -0.39 is 12.0 Å². The van der Waals surface area contributed by atoms with Crippen molar-refractivity contribution in [1.82, 2.24) is 10.4 Å². The second kappa shape index (κ2) is 6.49. The van der Waals surface area contributed by atoms with E-state index in [9.17, 15) is 9.59 Å². The molecule has 0 bridgehead atoms. The Labute approximate surface area is 98.8 Å². The molecule has 0 saturated heterocycles. The van der Waals surface area contributed by atoms with Gasteiger partial charge in [-0.3, -0.25) is 5.21 Å². The van der Waals surface area contributed by atoms with Gasteiger partial charge in [0.15, 0.2) is 0 Å². The predicted octanol–water partition coefficient (Wildman–Crippen LogP) is 0.874. The second-order valence-electron chi connectivity index (χ2n) is 3.26. The molecule has 0 fully saturated rings. The molecule has 0 aliphatic heterocycles. The first-order valence-electron chi connectivity index (χ1n) is 5.04. The highest BCUT2D eigenvalue weighted by Crippen LogP contribution is 2.00. The van der Waals surface area contributed by atoms with Gasteiger partial charge in [-0.05, 0) is 12.1 Å². The third kappa shape index (κ3) is 4.52. The second-order valence-corrected chi connectivity index (χ2v) is 3.26. The molecule has 0 saturated carbocycles. The van der Waals surface area contributed by atoms with E-state index in [1.165, 1.54) is 7.05 Å². The van der Waals surface area contributed by atoms with Gasteiger partial charge in [0.1, 0.15) is 6.61 Å². The van der Waals surface area contributed by atoms with E-state index in [0.29, 0.717) is 10.6 Å². The number of ether oxygens (including phenoxy) is 1. The number of rotatable bonds is 4. The summed E-state index contributed by atoms with van der Waals surface area (Å²) < 4.78 is 4.90. The molecule has 6 nitrogen and oxygen atoms in total. The van der Waals surface area contributed by atoms with Crippen LogP contribution < -0.4 is 5.32 Å². The monoisotopic (exact) mass is 238 g/mol. The molecule has 0 spiro atoms. The van der Waals surface area contributed by atoms with Crippen LogP contribution in [0.2, 0.25) is 0 Å². The molecule has 0 radical (unpaired) electrons. The molecule has 92 valence electrons. The first-order chi connectivity index (χ1) is 8.11. The fourth-order valence-corrected chi connectivity index (χ4v) is 1.07. The summed E-state index contributed by atoms with van der Waals surface area (Å²) in [5, 5.41) is 11.5. The number of nitrogens with zero attached hydrogens (tertiary/aromatic N) is 1. The van der Waals surface area contributed by atoms with Gasteiger partial charge in [0.25, 0.3) is 0 Å². The lowest BCUT2D eigenvalue weighted by molar-refractivity contribution is -0.0187. The molecule has 0 atom stereocenters. The molecule has 2 amide bonds. The Morgan fingerprint density at radius 2 is 2.00 bits per heavy atom. The Kier molecular flexibility index (Phi) is 4.96. The highest BCUT2D eigenvalue weighted by Gasteiger charge is 2.07. The van der Waals surface area contributed by atoms with Gasteiger partial charge in [-0.2, -0.15) is 0 Å². The zero-order chi connectivity index (χ0) is 12.7. The summed E-state index contributed by atoms with van der Waals surface area (Å²) in [7, 11) is 1.20. The highest BCUT2D eigenvalue weighted by molar-refractivity contribution is 5.89. The molecule has 6 heteroatoms. The largest absolute Gasteiger partial charge is 0.460 e. The summed E-state index contributed by atoms with van der Waals surface area (Å²) in [5.41, 5.74) is 0.457. The number of hydrogen-bond donors (Lipinski definition) is 2. The fourth-order valence-electron chi connectivity index (χ4n) is 1.07. The minimum atomic E-state index is -0.652. The number of carbonyl (C=O) groups is 2. The number of urea groups is 1. The molecule has 0 unspecified atom stereocenters. The van der Waals surface area contributed by atoms with Crippen LogP contribution in [0.3, 0.4) is 0 Å². The van der Waals surface area contributed by atoms with Gasteiger partial charge >= 0.3 is 12.0 Å². The Morgan fingerprint density at radius 1 is 1.35 bits per heavy atom. The molecule has 0 aliphatic rings. The van der Waals surface area contributed by atoms with Crippen LogP contribution in [0.1, 0.15) is 10.4 Å². The fraction of sp³-hybridized carbons (Fsp3) is 0.273. The summed E-state index contributed by atoms with van der Waals surface area (Å²) in [4.78, 5) is 22.3. The summed E-state index contributed by atoms with van der Waals surface area (Å²) in [6.07, 6.45) is 0. The number of nitrogens with one attached hydrogen (secondary N) is 1. The lowest BCUT2D eigenvalue weighted by Gasteiger charge is -2.10. The van der Waals surface area contributed by atoms with Crippen molar-refractivity contribution < 1.29 is 19.5 Å². The molecule has 2 N–H and O–H groups in total. The molecule has 1 aromatic rings.